The molecule has 9 heteroatoms. The van der Waals surface area contributed by atoms with Crippen molar-refractivity contribution in [1.29, 1.82) is 0 Å². The summed E-state index contributed by atoms with van der Waals surface area (Å²) in [5, 5.41) is 4.80. The van der Waals surface area contributed by atoms with Crippen LogP contribution >= 0.6 is 11.3 Å². The second kappa shape index (κ2) is 6.88. The highest BCUT2D eigenvalue weighted by Crippen LogP contribution is 2.26. The van der Waals surface area contributed by atoms with Crippen molar-refractivity contribution in [1.82, 2.24) is 4.98 Å². The van der Waals surface area contributed by atoms with Gasteiger partial charge in [0.2, 0.25) is 5.91 Å². The second-order valence-corrected chi connectivity index (χ2v) is 7.43. The highest BCUT2D eigenvalue weighted by atomic mass is 32.2. The van der Waals surface area contributed by atoms with Gasteiger partial charge >= 0.3 is 5.97 Å². The van der Waals surface area contributed by atoms with Gasteiger partial charge in [-0.05, 0) is 12.1 Å². The summed E-state index contributed by atoms with van der Waals surface area (Å²) < 4.78 is 28.4. The van der Waals surface area contributed by atoms with Gasteiger partial charge in [0.05, 0.1) is 17.7 Å². The van der Waals surface area contributed by atoms with Crippen LogP contribution in [0.15, 0.2) is 34.5 Å². The summed E-state index contributed by atoms with van der Waals surface area (Å²) in [6.45, 7) is 1.39. The van der Waals surface area contributed by atoms with Gasteiger partial charge in [0, 0.05) is 17.9 Å². The van der Waals surface area contributed by atoms with Crippen molar-refractivity contribution in [2.24, 2.45) is 0 Å². The van der Waals surface area contributed by atoms with Crippen LogP contribution in [0.4, 0.5) is 5.13 Å². The van der Waals surface area contributed by atoms with Crippen LogP contribution in [-0.2, 0) is 24.2 Å². The van der Waals surface area contributed by atoms with E-state index in [2.05, 4.69) is 15.0 Å². The average Bonchev–Trinajstić information content (AvgIpc) is 2.94. The number of hydrogen-bond donors (Lipinski definition) is 1. The lowest BCUT2D eigenvalue weighted by atomic mass is 10.2. The molecule has 7 nitrogen and oxygen atoms in total. The largest absolute Gasteiger partial charge is 0.468 e. The van der Waals surface area contributed by atoms with Gasteiger partial charge in [0.25, 0.3) is 0 Å². The number of aromatic nitrogens is 1. The zero-order valence-corrected chi connectivity index (χ0v) is 14.0. The molecule has 1 amide bonds. The van der Waals surface area contributed by atoms with Gasteiger partial charge < -0.3 is 10.1 Å². The van der Waals surface area contributed by atoms with Crippen LogP contribution < -0.4 is 5.32 Å². The molecule has 0 aliphatic rings. The molecule has 0 fully saturated rings. The van der Waals surface area contributed by atoms with E-state index in [-0.39, 0.29) is 10.8 Å². The number of thiazole rings is 1. The third-order valence-corrected chi connectivity index (χ3v) is 5.20. The van der Waals surface area contributed by atoms with Crippen LogP contribution in [0, 0.1) is 0 Å². The van der Waals surface area contributed by atoms with Crippen molar-refractivity contribution >= 4 is 38.2 Å². The number of carbonyl (C=O) groups excluding carboxylic acids is 2. The molecule has 0 atom stereocenters. The fourth-order valence-electron chi connectivity index (χ4n) is 1.74. The number of ether oxygens (including phenoxy) is 1. The minimum absolute atomic E-state index is 0.0314. The van der Waals surface area contributed by atoms with Crippen molar-refractivity contribution in [2.45, 2.75) is 11.8 Å². The summed E-state index contributed by atoms with van der Waals surface area (Å²) in [5.41, 5.74) is 1.32. The molecule has 1 aromatic carbocycles. The summed E-state index contributed by atoms with van der Waals surface area (Å²) in [7, 11) is -2.60. The number of nitrogens with one attached hydrogen (secondary N) is 1. The smallest absolute Gasteiger partial charge is 0.321 e. The molecule has 0 saturated carbocycles. The van der Waals surface area contributed by atoms with Crippen LogP contribution in [0.5, 0.6) is 0 Å². The number of methoxy groups -OCH3 is 1. The van der Waals surface area contributed by atoms with Gasteiger partial charge in [-0.2, -0.15) is 0 Å². The van der Waals surface area contributed by atoms with E-state index in [1.54, 1.807) is 17.5 Å². The predicted octanol–water partition coefficient (Wildman–Crippen LogP) is 1.72. The lowest BCUT2D eigenvalue weighted by Crippen LogP contribution is -2.17. The third-order valence-electron chi connectivity index (χ3n) is 2.83. The molecule has 1 heterocycles. The molecule has 0 spiro atoms. The number of nitrogens with zero attached hydrogens (tertiary/aromatic N) is 1. The van der Waals surface area contributed by atoms with Crippen LogP contribution in [0.2, 0.25) is 0 Å². The van der Waals surface area contributed by atoms with Crippen LogP contribution in [0.25, 0.3) is 11.3 Å². The molecule has 0 bridgehead atoms. The van der Waals surface area contributed by atoms with Crippen molar-refractivity contribution in [3.05, 3.63) is 29.6 Å². The topological polar surface area (TPSA) is 102 Å². The van der Waals surface area contributed by atoms with Gasteiger partial charge in [-0.1, -0.05) is 12.1 Å². The highest BCUT2D eigenvalue weighted by molar-refractivity contribution is 7.92. The van der Waals surface area contributed by atoms with Crippen molar-refractivity contribution in [3.8, 4) is 11.3 Å². The Bertz CT molecular complexity index is 825. The Kier molecular flexibility index (Phi) is 5.12. The second-order valence-electron chi connectivity index (χ2n) is 4.58. The van der Waals surface area contributed by atoms with Gasteiger partial charge in [-0.3, -0.25) is 9.59 Å². The highest BCUT2D eigenvalue weighted by Gasteiger charge is 2.20. The van der Waals surface area contributed by atoms with E-state index in [0.29, 0.717) is 16.4 Å². The maximum Gasteiger partial charge on any atom is 0.321 e. The Balaban J connectivity index is 2.21. The first-order valence-corrected chi connectivity index (χ1v) is 8.98. The molecule has 23 heavy (non-hydrogen) atoms. The van der Waals surface area contributed by atoms with Crippen LogP contribution in [0.3, 0.4) is 0 Å². The Hall–Kier alpha value is -2.26. The monoisotopic (exact) mass is 354 g/mol. The van der Waals surface area contributed by atoms with E-state index >= 15 is 0 Å². The van der Waals surface area contributed by atoms with Crippen molar-refractivity contribution < 1.29 is 22.7 Å². The Morgan fingerprint density at radius 1 is 1.26 bits per heavy atom. The molecule has 122 valence electrons. The number of benzene rings is 1. The number of carbonyl (C=O) groups is 2. The van der Waals surface area contributed by atoms with E-state index < -0.39 is 21.6 Å². The average molecular weight is 354 g/mol. The fraction of sp³-hybridized carbons (Fsp3) is 0.214. The van der Waals surface area contributed by atoms with E-state index in [1.165, 1.54) is 30.4 Å². The molecule has 1 N–H and O–H groups in total. The Morgan fingerprint density at radius 3 is 2.48 bits per heavy atom. The predicted molar refractivity (Wildman–Crippen MR) is 85.9 cm³/mol. The van der Waals surface area contributed by atoms with Crippen LogP contribution in [0.1, 0.15) is 6.92 Å². The van der Waals surface area contributed by atoms with E-state index in [9.17, 15) is 18.0 Å². The first-order chi connectivity index (χ1) is 10.8. The summed E-state index contributed by atoms with van der Waals surface area (Å²) in [6, 6.07) is 6.00. The van der Waals surface area contributed by atoms with Crippen molar-refractivity contribution in [2.75, 3.05) is 18.2 Å². The summed E-state index contributed by atoms with van der Waals surface area (Å²) in [5.74, 6) is -1.73. The molecular weight excluding hydrogens is 340 g/mol. The zero-order valence-electron chi connectivity index (χ0n) is 12.4. The molecular formula is C14H14N2O5S2. The molecule has 1 aromatic heterocycles. The van der Waals surface area contributed by atoms with E-state index in [1.807, 2.05) is 0 Å². The standard InChI is InChI=1S/C14H14N2O5S2/c1-9(17)15-14-16-12(7-22-14)10-3-5-11(6-4-10)23(19,20)8-13(18)21-2/h3-7H,8H2,1-2H3,(H,15,16,17). The number of esters is 1. The number of sulfone groups is 1. The zero-order chi connectivity index (χ0) is 17.0. The summed E-state index contributed by atoms with van der Waals surface area (Å²) in [4.78, 5) is 26.4. The molecule has 0 radical (unpaired) electrons. The lowest BCUT2D eigenvalue weighted by Gasteiger charge is -2.04. The third kappa shape index (κ3) is 4.36. The molecule has 0 aliphatic heterocycles. The maximum atomic E-state index is 12.0. The Labute approximate surface area is 137 Å². The summed E-state index contributed by atoms with van der Waals surface area (Å²) >= 11 is 1.27. The number of amides is 1. The van der Waals surface area contributed by atoms with E-state index in [0.717, 1.165) is 7.11 Å². The minimum Gasteiger partial charge on any atom is -0.468 e. The van der Waals surface area contributed by atoms with E-state index in [4.69, 9.17) is 0 Å². The summed E-state index contributed by atoms with van der Waals surface area (Å²) in [6.07, 6.45) is 0. The van der Waals surface area contributed by atoms with Crippen molar-refractivity contribution in [3.63, 3.8) is 0 Å². The lowest BCUT2D eigenvalue weighted by molar-refractivity contribution is -0.137. The number of hydrogen-bond acceptors (Lipinski definition) is 7. The fourth-order valence-corrected chi connectivity index (χ4v) is 3.66. The Morgan fingerprint density at radius 2 is 1.91 bits per heavy atom. The molecule has 0 unspecified atom stereocenters. The van der Waals surface area contributed by atoms with Crippen LogP contribution in [-0.4, -0.2) is 38.1 Å². The number of anilines is 1. The maximum absolute atomic E-state index is 12.0. The van der Waals surface area contributed by atoms with Gasteiger partial charge in [0.15, 0.2) is 20.7 Å². The molecule has 2 rings (SSSR count). The minimum atomic E-state index is -3.73. The molecule has 0 aliphatic carbocycles. The number of rotatable bonds is 5. The first kappa shape index (κ1) is 17.1. The van der Waals surface area contributed by atoms with Gasteiger partial charge in [-0.25, -0.2) is 13.4 Å². The SMILES string of the molecule is COC(=O)CS(=O)(=O)c1ccc(-c2csc(NC(C)=O)n2)cc1. The first-order valence-electron chi connectivity index (χ1n) is 6.45. The van der Waals surface area contributed by atoms with Gasteiger partial charge in [-0.15, -0.1) is 11.3 Å². The molecule has 2 aromatic rings. The molecule has 0 saturated heterocycles. The normalized spacial score (nSPS) is 11.0. The van der Waals surface area contributed by atoms with Gasteiger partial charge in [0.1, 0.15) is 0 Å². The quantitative estimate of drug-likeness (QED) is 0.820.